The zero-order chi connectivity index (χ0) is 9.14. The van der Waals surface area contributed by atoms with Crippen molar-refractivity contribution >= 4 is 11.4 Å². The van der Waals surface area contributed by atoms with Gasteiger partial charge in [0, 0.05) is 0 Å². The van der Waals surface area contributed by atoms with Crippen molar-refractivity contribution in [2.24, 2.45) is 11.8 Å². The molecule has 1 saturated carbocycles. The Bertz CT molecular complexity index is 172. The third-order valence-electron chi connectivity index (χ3n) is 2.59. The van der Waals surface area contributed by atoms with Gasteiger partial charge >= 0.3 is 11.4 Å². The van der Waals surface area contributed by atoms with E-state index in [0.29, 0.717) is 11.8 Å². The van der Waals surface area contributed by atoms with E-state index in [1.54, 1.807) is 0 Å². The molecular weight excluding hydrogens is 176 g/mol. The summed E-state index contributed by atoms with van der Waals surface area (Å²) >= 11 is -2.10. The van der Waals surface area contributed by atoms with E-state index in [2.05, 4.69) is 13.8 Å². The topological polar surface area (TPSA) is 46.5 Å². The first-order chi connectivity index (χ1) is 5.59. The van der Waals surface area contributed by atoms with E-state index in [0.717, 1.165) is 12.8 Å². The van der Waals surface area contributed by atoms with Crippen LogP contribution in [0.25, 0.3) is 0 Å². The Hall–Kier alpha value is 0.0700. The smallest absolute Gasteiger partial charge is 0.284 e. The van der Waals surface area contributed by atoms with E-state index in [-0.39, 0.29) is 6.10 Å². The van der Waals surface area contributed by atoms with Crippen LogP contribution in [0.5, 0.6) is 0 Å². The van der Waals surface area contributed by atoms with Crippen molar-refractivity contribution in [3.8, 4) is 0 Å². The van der Waals surface area contributed by atoms with E-state index >= 15 is 0 Å². The molecule has 1 aliphatic carbocycles. The van der Waals surface area contributed by atoms with Crippen LogP contribution in [-0.2, 0) is 15.5 Å². The molecule has 4 heteroatoms. The maximum absolute atomic E-state index is 10.4. The lowest BCUT2D eigenvalue weighted by atomic mass is 9.82. The van der Waals surface area contributed by atoms with Crippen molar-refractivity contribution in [2.75, 3.05) is 0 Å². The molecule has 3 nitrogen and oxygen atoms in total. The molecule has 0 aromatic heterocycles. The summed E-state index contributed by atoms with van der Waals surface area (Å²) in [6.07, 6.45) is 3.19. The summed E-state index contributed by atoms with van der Waals surface area (Å²) in [5.74, 6) is 1.03. The second kappa shape index (κ2) is 4.35. The summed E-state index contributed by atoms with van der Waals surface area (Å²) in [6.45, 7) is 4.23. The first kappa shape index (κ1) is 10.2. The molecule has 0 amide bonds. The Morgan fingerprint density at radius 3 is 2.67 bits per heavy atom. The Labute approximate surface area is 76.0 Å². The lowest BCUT2D eigenvalue weighted by Gasteiger charge is -2.30. The summed E-state index contributed by atoms with van der Waals surface area (Å²) in [5.41, 5.74) is 0. The number of rotatable bonds is 2. The molecule has 0 saturated heterocycles. The Kier molecular flexibility index (Phi) is 3.68. The minimum atomic E-state index is -2.10. The fourth-order valence-corrected chi connectivity index (χ4v) is 2.20. The Morgan fingerprint density at radius 1 is 1.42 bits per heavy atom. The van der Waals surface area contributed by atoms with Gasteiger partial charge in [-0.05, 0) is 24.7 Å². The van der Waals surface area contributed by atoms with Gasteiger partial charge < -0.3 is 0 Å². The van der Waals surface area contributed by atoms with Crippen molar-refractivity contribution in [3.63, 3.8) is 0 Å². The minimum Gasteiger partial charge on any atom is -0.284 e. The van der Waals surface area contributed by atoms with E-state index in [1.165, 1.54) is 6.42 Å². The molecule has 1 aliphatic rings. The van der Waals surface area contributed by atoms with Crippen LogP contribution in [-0.4, -0.2) is 14.9 Å². The van der Waals surface area contributed by atoms with Crippen LogP contribution < -0.4 is 0 Å². The van der Waals surface area contributed by atoms with Gasteiger partial charge in [-0.1, -0.05) is 20.3 Å². The molecule has 0 heterocycles. The fourth-order valence-electron chi connectivity index (χ4n) is 1.72. The first-order valence-corrected chi connectivity index (χ1v) is 5.40. The normalized spacial score (nSPS) is 39.4. The third-order valence-corrected chi connectivity index (χ3v) is 3.00. The van der Waals surface area contributed by atoms with Gasteiger partial charge in [-0.15, -0.1) is 0 Å². The van der Waals surface area contributed by atoms with Crippen LogP contribution >= 0.6 is 0 Å². The molecule has 4 unspecified atom stereocenters. The molecule has 1 N–H and O–H groups in total. The second-order valence-electron chi connectivity index (χ2n) is 3.75. The molecule has 1 fully saturated rings. The highest BCUT2D eigenvalue weighted by atomic mass is 32.2. The Balaban J connectivity index is 2.43. The SMILES string of the molecule is CC1CCC(C)C(OS(=O)O)C1. The van der Waals surface area contributed by atoms with Gasteiger partial charge in [-0.3, -0.25) is 8.74 Å². The highest BCUT2D eigenvalue weighted by Gasteiger charge is 2.27. The molecule has 0 radical (unpaired) electrons. The molecule has 4 atom stereocenters. The van der Waals surface area contributed by atoms with E-state index in [4.69, 9.17) is 8.74 Å². The van der Waals surface area contributed by atoms with E-state index in [1.807, 2.05) is 0 Å². The van der Waals surface area contributed by atoms with Crippen molar-refractivity contribution < 1.29 is 12.9 Å². The van der Waals surface area contributed by atoms with Gasteiger partial charge in [-0.25, -0.2) is 0 Å². The van der Waals surface area contributed by atoms with Gasteiger partial charge in [-0.2, -0.15) is 4.21 Å². The molecular formula is C8H16O3S. The molecule has 0 aromatic rings. The van der Waals surface area contributed by atoms with Gasteiger partial charge in [0.2, 0.25) is 0 Å². The van der Waals surface area contributed by atoms with Crippen LogP contribution in [0.1, 0.15) is 33.1 Å². The van der Waals surface area contributed by atoms with E-state index in [9.17, 15) is 4.21 Å². The summed E-state index contributed by atoms with van der Waals surface area (Å²) in [5, 5.41) is 0. The highest BCUT2D eigenvalue weighted by Crippen LogP contribution is 2.30. The first-order valence-electron chi connectivity index (χ1n) is 4.37. The number of hydrogen-bond donors (Lipinski definition) is 1. The van der Waals surface area contributed by atoms with Crippen LogP contribution in [0.2, 0.25) is 0 Å². The molecule has 0 spiro atoms. The van der Waals surface area contributed by atoms with Crippen molar-refractivity contribution in [1.29, 1.82) is 0 Å². The third kappa shape index (κ3) is 2.84. The predicted octanol–water partition coefficient (Wildman–Crippen LogP) is 1.96. The summed E-state index contributed by atoms with van der Waals surface area (Å²) < 4.78 is 23.9. The molecule has 0 aromatic carbocycles. The van der Waals surface area contributed by atoms with Gasteiger partial charge in [0.25, 0.3) is 0 Å². The van der Waals surface area contributed by atoms with Crippen LogP contribution in [0.15, 0.2) is 0 Å². The van der Waals surface area contributed by atoms with Crippen molar-refractivity contribution in [3.05, 3.63) is 0 Å². The average Bonchev–Trinajstić information content (AvgIpc) is 1.96. The zero-order valence-electron chi connectivity index (χ0n) is 7.53. The molecule has 12 heavy (non-hydrogen) atoms. The molecule has 0 bridgehead atoms. The maximum atomic E-state index is 10.4. The zero-order valence-corrected chi connectivity index (χ0v) is 8.34. The van der Waals surface area contributed by atoms with Gasteiger partial charge in [0.15, 0.2) is 0 Å². The monoisotopic (exact) mass is 192 g/mol. The van der Waals surface area contributed by atoms with Crippen LogP contribution in [0, 0.1) is 11.8 Å². The summed E-state index contributed by atoms with van der Waals surface area (Å²) in [4.78, 5) is 0. The molecule has 0 aliphatic heterocycles. The fraction of sp³-hybridized carbons (Fsp3) is 1.00. The summed E-state index contributed by atoms with van der Waals surface area (Å²) in [6, 6.07) is 0. The van der Waals surface area contributed by atoms with Crippen molar-refractivity contribution in [2.45, 2.75) is 39.2 Å². The largest absolute Gasteiger partial charge is 0.302 e. The van der Waals surface area contributed by atoms with Crippen LogP contribution in [0.3, 0.4) is 0 Å². The van der Waals surface area contributed by atoms with Gasteiger partial charge in [0.1, 0.15) is 0 Å². The van der Waals surface area contributed by atoms with Gasteiger partial charge in [0.05, 0.1) is 6.10 Å². The highest BCUT2D eigenvalue weighted by molar-refractivity contribution is 7.74. The second-order valence-corrected chi connectivity index (χ2v) is 4.37. The standard InChI is InChI=1S/C8H16O3S/c1-6-3-4-7(2)8(5-6)11-12(9)10/h6-8H,3-5H2,1-2H3,(H,9,10). The van der Waals surface area contributed by atoms with Crippen molar-refractivity contribution in [1.82, 2.24) is 0 Å². The maximum Gasteiger partial charge on any atom is 0.302 e. The Morgan fingerprint density at radius 2 is 2.08 bits per heavy atom. The average molecular weight is 192 g/mol. The van der Waals surface area contributed by atoms with E-state index < -0.39 is 11.4 Å². The lowest BCUT2D eigenvalue weighted by Crippen LogP contribution is -2.29. The number of hydrogen-bond acceptors (Lipinski definition) is 2. The molecule has 72 valence electrons. The molecule has 1 rings (SSSR count). The summed E-state index contributed by atoms with van der Waals surface area (Å²) in [7, 11) is 0. The lowest BCUT2D eigenvalue weighted by molar-refractivity contribution is 0.0831. The predicted molar refractivity (Wildman–Crippen MR) is 47.8 cm³/mol. The van der Waals surface area contributed by atoms with Crippen LogP contribution in [0.4, 0.5) is 0 Å². The quantitative estimate of drug-likeness (QED) is 0.680. The minimum absolute atomic E-state index is 0.0282.